The first-order valence-electron chi connectivity index (χ1n) is 8.71. The van der Waals surface area contributed by atoms with Crippen molar-refractivity contribution in [1.82, 2.24) is 15.2 Å². The average molecular weight is 335 g/mol. The fourth-order valence-corrected chi connectivity index (χ4v) is 4.13. The third kappa shape index (κ3) is 2.90. The van der Waals surface area contributed by atoms with E-state index in [0.717, 1.165) is 30.5 Å². The molecule has 1 aromatic carbocycles. The van der Waals surface area contributed by atoms with Crippen molar-refractivity contribution in [3.8, 4) is 0 Å². The molecular weight excluding hydrogens is 314 g/mol. The number of pyridine rings is 1. The lowest BCUT2D eigenvalue weighted by atomic mass is 10.0. The van der Waals surface area contributed by atoms with Crippen LogP contribution in [0, 0.1) is 12.8 Å². The van der Waals surface area contributed by atoms with E-state index >= 15 is 0 Å². The summed E-state index contributed by atoms with van der Waals surface area (Å²) in [5.41, 5.74) is 2.31. The lowest BCUT2D eigenvalue weighted by Gasteiger charge is -2.34. The third-order valence-electron chi connectivity index (χ3n) is 5.36. The molecule has 4 rings (SSSR count). The first-order chi connectivity index (χ1) is 12.1. The van der Waals surface area contributed by atoms with Crippen LogP contribution in [0.4, 0.5) is 0 Å². The van der Waals surface area contributed by atoms with Gasteiger partial charge in [0.2, 0.25) is 0 Å². The number of amides is 2. The molecule has 25 heavy (non-hydrogen) atoms. The summed E-state index contributed by atoms with van der Waals surface area (Å²) >= 11 is 0. The number of hydrogen-bond donors (Lipinski definition) is 1. The molecule has 2 aliphatic rings. The highest BCUT2D eigenvalue weighted by Crippen LogP contribution is 2.38. The van der Waals surface area contributed by atoms with Crippen LogP contribution in [0.15, 0.2) is 48.8 Å². The van der Waals surface area contributed by atoms with Crippen molar-refractivity contribution in [1.29, 1.82) is 0 Å². The molecule has 2 amide bonds. The van der Waals surface area contributed by atoms with Crippen LogP contribution in [0.2, 0.25) is 0 Å². The number of piperidine rings is 1. The van der Waals surface area contributed by atoms with Crippen molar-refractivity contribution in [2.24, 2.45) is 5.92 Å². The van der Waals surface area contributed by atoms with E-state index in [0.29, 0.717) is 11.5 Å². The second-order valence-corrected chi connectivity index (χ2v) is 7.00. The van der Waals surface area contributed by atoms with Gasteiger partial charge in [-0.3, -0.25) is 14.6 Å². The van der Waals surface area contributed by atoms with Gasteiger partial charge in [0, 0.05) is 30.5 Å². The number of nitrogens with zero attached hydrogens (tertiary/aromatic N) is 2. The van der Waals surface area contributed by atoms with Crippen molar-refractivity contribution in [2.45, 2.75) is 31.8 Å². The third-order valence-corrected chi connectivity index (χ3v) is 5.36. The summed E-state index contributed by atoms with van der Waals surface area (Å²) in [5.74, 6) is 0.428. The second-order valence-electron chi connectivity index (χ2n) is 7.00. The molecule has 1 saturated carbocycles. The molecule has 1 N–H and O–H groups in total. The summed E-state index contributed by atoms with van der Waals surface area (Å²) in [6.07, 6.45) is 5.12. The van der Waals surface area contributed by atoms with E-state index in [4.69, 9.17) is 0 Å². The number of hydrogen-bond acceptors (Lipinski definition) is 3. The van der Waals surface area contributed by atoms with Crippen LogP contribution in [0.3, 0.4) is 0 Å². The van der Waals surface area contributed by atoms with E-state index in [1.165, 1.54) is 0 Å². The first kappa shape index (κ1) is 15.8. The molecule has 2 heterocycles. The minimum Gasteiger partial charge on any atom is -0.347 e. The smallest absolute Gasteiger partial charge is 0.254 e. The highest BCUT2D eigenvalue weighted by molar-refractivity contribution is 5.96. The fraction of sp³-hybridized carbons (Fsp3) is 0.350. The number of benzene rings is 1. The number of carbonyl (C=O) groups excluding carboxylic acids is 2. The zero-order chi connectivity index (χ0) is 17.4. The zero-order valence-corrected chi connectivity index (χ0v) is 14.2. The van der Waals surface area contributed by atoms with Gasteiger partial charge in [-0.2, -0.15) is 0 Å². The van der Waals surface area contributed by atoms with Crippen LogP contribution in [-0.4, -0.2) is 40.3 Å². The van der Waals surface area contributed by atoms with Gasteiger partial charge in [-0.05, 0) is 49.4 Å². The maximum absolute atomic E-state index is 13.0. The van der Waals surface area contributed by atoms with E-state index in [1.54, 1.807) is 24.5 Å². The van der Waals surface area contributed by atoms with E-state index in [-0.39, 0.29) is 23.9 Å². The summed E-state index contributed by atoms with van der Waals surface area (Å²) in [7, 11) is 0. The quantitative estimate of drug-likeness (QED) is 0.937. The molecule has 2 bridgehead atoms. The van der Waals surface area contributed by atoms with Gasteiger partial charge < -0.3 is 10.2 Å². The monoisotopic (exact) mass is 335 g/mol. The number of aromatic nitrogens is 1. The first-order valence-corrected chi connectivity index (χ1v) is 8.71. The Labute approximate surface area is 147 Å². The number of carbonyl (C=O) groups is 2. The van der Waals surface area contributed by atoms with Gasteiger partial charge in [0.25, 0.3) is 11.8 Å². The molecule has 5 nitrogen and oxygen atoms in total. The van der Waals surface area contributed by atoms with Crippen molar-refractivity contribution in [2.75, 3.05) is 6.54 Å². The standard InChI is InChI=1S/C20H21N3O2/c1-13-5-2-3-7-16(13)20(25)23-12-14-9-17(18(23)10-14)22-19(24)15-6-4-8-21-11-15/h2-8,11,14,17-18H,9-10,12H2,1H3,(H,22,24). The van der Waals surface area contributed by atoms with Gasteiger partial charge in [0.15, 0.2) is 0 Å². The Balaban J connectivity index is 1.50. The maximum Gasteiger partial charge on any atom is 0.254 e. The Morgan fingerprint density at radius 3 is 2.72 bits per heavy atom. The minimum atomic E-state index is -0.117. The predicted molar refractivity (Wildman–Crippen MR) is 94.2 cm³/mol. The van der Waals surface area contributed by atoms with Crippen molar-refractivity contribution in [3.63, 3.8) is 0 Å². The molecule has 1 aliphatic carbocycles. The van der Waals surface area contributed by atoms with E-state index in [1.807, 2.05) is 36.1 Å². The van der Waals surface area contributed by atoms with E-state index < -0.39 is 0 Å². The van der Waals surface area contributed by atoms with Gasteiger partial charge in [0.05, 0.1) is 11.6 Å². The van der Waals surface area contributed by atoms with Crippen molar-refractivity contribution >= 4 is 11.8 Å². The largest absolute Gasteiger partial charge is 0.347 e. The number of nitrogens with one attached hydrogen (secondary N) is 1. The van der Waals surface area contributed by atoms with Gasteiger partial charge >= 0.3 is 0 Å². The number of likely N-dealkylation sites (tertiary alicyclic amines) is 1. The molecule has 5 heteroatoms. The molecule has 2 aromatic rings. The number of aryl methyl sites for hydroxylation is 1. The lowest BCUT2D eigenvalue weighted by molar-refractivity contribution is 0.0648. The number of rotatable bonds is 3. The fourth-order valence-electron chi connectivity index (χ4n) is 4.13. The Morgan fingerprint density at radius 1 is 1.16 bits per heavy atom. The Bertz CT molecular complexity index is 806. The average Bonchev–Trinajstić information content (AvgIpc) is 3.22. The molecule has 3 unspecified atom stereocenters. The van der Waals surface area contributed by atoms with Gasteiger partial charge in [-0.1, -0.05) is 18.2 Å². The van der Waals surface area contributed by atoms with E-state index in [9.17, 15) is 9.59 Å². The molecule has 0 radical (unpaired) electrons. The van der Waals surface area contributed by atoms with Crippen LogP contribution in [0.25, 0.3) is 0 Å². The Kier molecular flexibility index (Phi) is 3.99. The molecule has 3 atom stereocenters. The minimum absolute atomic E-state index is 0.0134. The van der Waals surface area contributed by atoms with E-state index in [2.05, 4.69) is 10.3 Å². The topological polar surface area (TPSA) is 62.3 Å². The molecule has 1 saturated heterocycles. The Morgan fingerprint density at radius 2 is 2.00 bits per heavy atom. The summed E-state index contributed by atoms with van der Waals surface area (Å²) in [4.78, 5) is 31.3. The lowest BCUT2D eigenvalue weighted by Crippen LogP contribution is -2.52. The normalized spacial score (nSPS) is 24.4. The molecule has 1 aliphatic heterocycles. The molecular formula is C20H21N3O2. The summed E-state index contributed by atoms with van der Waals surface area (Å²) in [6.45, 7) is 2.75. The van der Waals surface area contributed by atoms with Crippen LogP contribution in [0.5, 0.6) is 0 Å². The Hall–Kier alpha value is -2.69. The summed E-state index contributed by atoms with van der Waals surface area (Å²) < 4.78 is 0. The van der Waals surface area contributed by atoms with Crippen LogP contribution in [0.1, 0.15) is 39.1 Å². The van der Waals surface area contributed by atoms with Crippen LogP contribution >= 0.6 is 0 Å². The molecule has 0 spiro atoms. The van der Waals surface area contributed by atoms with Gasteiger partial charge in [-0.25, -0.2) is 0 Å². The van der Waals surface area contributed by atoms with Gasteiger partial charge in [0.1, 0.15) is 0 Å². The predicted octanol–water partition coefficient (Wildman–Crippen LogP) is 2.42. The molecule has 1 aromatic heterocycles. The number of fused-ring (bicyclic) bond motifs is 2. The van der Waals surface area contributed by atoms with Crippen molar-refractivity contribution in [3.05, 3.63) is 65.5 Å². The van der Waals surface area contributed by atoms with Crippen LogP contribution < -0.4 is 5.32 Å². The summed E-state index contributed by atoms with van der Waals surface area (Å²) in [5, 5.41) is 3.10. The van der Waals surface area contributed by atoms with Crippen LogP contribution in [-0.2, 0) is 0 Å². The van der Waals surface area contributed by atoms with Crippen molar-refractivity contribution < 1.29 is 9.59 Å². The van der Waals surface area contributed by atoms with Gasteiger partial charge in [-0.15, -0.1) is 0 Å². The SMILES string of the molecule is Cc1ccccc1C(=O)N1CC2CC(NC(=O)c3cccnc3)C1C2. The summed E-state index contributed by atoms with van der Waals surface area (Å²) in [6, 6.07) is 11.3. The molecule has 128 valence electrons. The highest BCUT2D eigenvalue weighted by atomic mass is 16.2. The zero-order valence-electron chi connectivity index (χ0n) is 14.2. The second kappa shape index (κ2) is 6.31. The highest BCUT2D eigenvalue weighted by Gasteiger charge is 2.47. The molecule has 2 fully saturated rings. The maximum atomic E-state index is 13.0.